The third-order valence-electron chi connectivity index (χ3n) is 5.77. The zero-order valence-electron chi connectivity index (χ0n) is 17.3. The highest BCUT2D eigenvalue weighted by atomic mass is 16.2. The topological polar surface area (TPSA) is 83.3 Å². The summed E-state index contributed by atoms with van der Waals surface area (Å²) in [4.78, 5) is 42.5. The van der Waals surface area contributed by atoms with Crippen LogP contribution in [0.4, 0.5) is 0 Å². The Bertz CT molecular complexity index is 1430. The highest BCUT2D eigenvalue weighted by Crippen LogP contribution is 2.24. The number of hydrogen-bond acceptors (Lipinski definition) is 4. The van der Waals surface area contributed by atoms with Gasteiger partial charge in [0.25, 0.3) is 5.56 Å². The summed E-state index contributed by atoms with van der Waals surface area (Å²) in [6.07, 6.45) is 1.83. The van der Waals surface area contributed by atoms with Crippen molar-refractivity contribution in [2.75, 3.05) is 0 Å². The van der Waals surface area contributed by atoms with Gasteiger partial charge in [-0.3, -0.25) is 23.1 Å². The second kappa shape index (κ2) is 6.30. The van der Waals surface area contributed by atoms with E-state index in [0.717, 1.165) is 27.1 Å². The van der Waals surface area contributed by atoms with Gasteiger partial charge in [-0.2, -0.15) is 4.98 Å². The van der Waals surface area contributed by atoms with Crippen molar-refractivity contribution < 1.29 is 4.79 Å². The first kappa shape index (κ1) is 18.9. The lowest BCUT2D eigenvalue weighted by atomic mass is 10.1. The Morgan fingerprint density at radius 2 is 1.83 bits per heavy atom. The number of carbonyl (C=O) groups is 1. The van der Waals surface area contributed by atoms with Crippen molar-refractivity contribution in [3.05, 3.63) is 62.1 Å². The van der Waals surface area contributed by atoms with Gasteiger partial charge in [-0.25, -0.2) is 9.36 Å². The van der Waals surface area contributed by atoms with Crippen molar-refractivity contribution in [3.8, 4) is 5.69 Å². The van der Waals surface area contributed by atoms with E-state index in [2.05, 4.69) is 4.98 Å². The minimum Gasteiger partial charge on any atom is -0.298 e. The summed E-state index contributed by atoms with van der Waals surface area (Å²) in [7, 11) is 1.56. The zero-order chi connectivity index (χ0) is 21.2. The van der Waals surface area contributed by atoms with Crippen molar-refractivity contribution >= 4 is 22.7 Å². The monoisotopic (exact) mass is 393 g/mol. The Labute approximate surface area is 166 Å². The molecule has 29 heavy (non-hydrogen) atoms. The molecule has 1 atom stereocenters. The van der Waals surface area contributed by atoms with Crippen LogP contribution in [-0.4, -0.2) is 28.9 Å². The van der Waals surface area contributed by atoms with Gasteiger partial charge in [0, 0.05) is 18.9 Å². The van der Waals surface area contributed by atoms with Crippen molar-refractivity contribution in [1.82, 2.24) is 23.1 Å². The van der Waals surface area contributed by atoms with Crippen LogP contribution in [0.2, 0.25) is 0 Å². The second-order valence-corrected chi connectivity index (χ2v) is 7.58. The summed E-state index contributed by atoms with van der Waals surface area (Å²) in [6, 6.07) is 5.18. The molecular formula is C21H23N5O3. The van der Waals surface area contributed by atoms with E-state index in [1.165, 1.54) is 11.5 Å². The fourth-order valence-electron chi connectivity index (χ4n) is 3.78. The van der Waals surface area contributed by atoms with Crippen LogP contribution in [-0.2, 0) is 11.8 Å². The molecule has 3 heterocycles. The first-order valence-corrected chi connectivity index (χ1v) is 9.43. The minimum atomic E-state index is -0.849. The normalized spacial score (nSPS) is 12.8. The van der Waals surface area contributed by atoms with Gasteiger partial charge in [0.15, 0.2) is 16.9 Å². The molecule has 0 amide bonds. The molecule has 0 saturated heterocycles. The number of aromatic nitrogens is 5. The van der Waals surface area contributed by atoms with Gasteiger partial charge in [0.2, 0.25) is 5.78 Å². The zero-order valence-corrected chi connectivity index (χ0v) is 17.3. The van der Waals surface area contributed by atoms with Gasteiger partial charge in [0.1, 0.15) is 0 Å². The van der Waals surface area contributed by atoms with Gasteiger partial charge in [0.05, 0.1) is 11.7 Å². The van der Waals surface area contributed by atoms with E-state index in [4.69, 9.17) is 0 Å². The third-order valence-corrected chi connectivity index (χ3v) is 5.77. The van der Waals surface area contributed by atoms with Gasteiger partial charge >= 0.3 is 5.69 Å². The number of Topliss-reactive ketones (excluding diaryl/α,β-unsaturated/α-hetero) is 1. The quantitative estimate of drug-likeness (QED) is 0.534. The van der Waals surface area contributed by atoms with E-state index in [9.17, 15) is 14.4 Å². The Balaban J connectivity index is 2.17. The van der Waals surface area contributed by atoms with Crippen LogP contribution in [0.3, 0.4) is 0 Å². The van der Waals surface area contributed by atoms with Crippen LogP contribution < -0.4 is 11.2 Å². The SMILES string of the molecule is CC(=O)[C@@H](C)n1c(=O)c2c(nc3n(-c4cccc(C)c4C)c(C)cn23)n(C)c1=O. The van der Waals surface area contributed by atoms with Crippen LogP contribution in [0, 0.1) is 20.8 Å². The predicted molar refractivity (Wildman–Crippen MR) is 111 cm³/mol. The van der Waals surface area contributed by atoms with Crippen molar-refractivity contribution in [2.24, 2.45) is 7.05 Å². The summed E-state index contributed by atoms with van der Waals surface area (Å²) in [5.74, 6) is 0.292. The van der Waals surface area contributed by atoms with Crippen LogP contribution in [0.15, 0.2) is 34.0 Å². The van der Waals surface area contributed by atoms with E-state index < -0.39 is 17.3 Å². The minimum absolute atomic E-state index is 0.256. The molecule has 150 valence electrons. The Hall–Kier alpha value is -3.42. The molecule has 0 saturated carbocycles. The third kappa shape index (κ3) is 2.52. The molecule has 0 radical (unpaired) electrons. The lowest BCUT2D eigenvalue weighted by Crippen LogP contribution is -2.42. The highest BCUT2D eigenvalue weighted by Gasteiger charge is 2.24. The molecule has 8 nitrogen and oxygen atoms in total. The van der Waals surface area contributed by atoms with E-state index in [1.807, 2.05) is 49.7 Å². The maximum absolute atomic E-state index is 13.2. The van der Waals surface area contributed by atoms with Crippen LogP contribution in [0.25, 0.3) is 22.6 Å². The van der Waals surface area contributed by atoms with Gasteiger partial charge in [-0.1, -0.05) is 12.1 Å². The molecule has 0 aliphatic rings. The van der Waals surface area contributed by atoms with Gasteiger partial charge in [-0.05, 0) is 51.8 Å². The number of fused-ring (bicyclic) bond motifs is 3. The number of hydrogen-bond donors (Lipinski definition) is 0. The van der Waals surface area contributed by atoms with Gasteiger partial charge in [-0.15, -0.1) is 0 Å². The first-order chi connectivity index (χ1) is 13.6. The number of rotatable bonds is 3. The number of benzene rings is 1. The first-order valence-electron chi connectivity index (χ1n) is 9.43. The molecule has 0 unspecified atom stereocenters. The molecule has 0 aliphatic carbocycles. The molecular weight excluding hydrogens is 370 g/mol. The fraction of sp³-hybridized carbons (Fsp3) is 0.333. The number of ketones is 1. The summed E-state index contributed by atoms with van der Waals surface area (Å²) in [6.45, 7) is 8.96. The Morgan fingerprint density at radius 3 is 2.48 bits per heavy atom. The van der Waals surface area contributed by atoms with Crippen molar-refractivity contribution in [2.45, 2.75) is 40.7 Å². The van der Waals surface area contributed by atoms with E-state index in [0.29, 0.717) is 11.4 Å². The maximum Gasteiger partial charge on any atom is 0.333 e. The standard InChI is InChI=1S/C21H23N5O3/c1-11-8-7-9-16(13(11)3)25-12(2)10-24-17-18(22-20(24)25)23(6)21(29)26(19(17)28)14(4)15(5)27/h7-10,14H,1-6H3/t14-/m1/s1. The highest BCUT2D eigenvalue weighted by molar-refractivity contribution is 5.81. The van der Waals surface area contributed by atoms with Crippen LogP contribution in [0.1, 0.15) is 36.7 Å². The van der Waals surface area contributed by atoms with Crippen molar-refractivity contribution in [3.63, 3.8) is 0 Å². The number of aryl methyl sites for hydroxylation is 3. The molecule has 4 aromatic rings. The van der Waals surface area contributed by atoms with Crippen LogP contribution >= 0.6 is 0 Å². The number of imidazole rings is 2. The molecule has 0 N–H and O–H groups in total. The summed E-state index contributed by atoms with van der Waals surface area (Å²) in [5, 5.41) is 0. The second-order valence-electron chi connectivity index (χ2n) is 7.58. The lowest BCUT2D eigenvalue weighted by Gasteiger charge is -2.12. The fourth-order valence-corrected chi connectivity index (χ4v) is 3.78. The molecule has 0 bridgehead atoms. The Morgan fingerprint density at radius 1 is 1.14 bits per heavy atom. The molecule has 4 rings (SSSR count). The van der Waals surface area contributed by atoms with E-state index >= 15 is 0 Å². The predicted octanol–water partition coefficient (Wildman–Crippen LogP) is 2.21. The average Bonchev–Trinajstić information content (AvgIpc) is 3.17. The molecule has 3 aromatic heterocycles. The smallest absolute Gasteiger partial charge is 0.298 e. The van der Waals surface area contributed by atoms with Gasteiger partial charge < -0.3 is 0 Å². The number of carbonyl (C=O) groups excluding carboxylic acids is 1. The lowest BCUT2D eigenvalue weighted by molar-refractivity contribution is -0.119. The molecule has 8 heteroatoms. The van der Waals surface area contributed by atoms with E-state index in [1.54, 1.807) is 18.4 Å². The number of nitrogens with zero attached hydrogens (tertiary/aromatic N) is 5. The Kier molecular flexibility index (Phi) is 4.11. The van der Waals surface area contributed by atoms with Crippen molar-refractivity contribution in [1.29, 1.82) is 0 Å². The maximum atomic E-state index is 13.2. The molecule has 0 fully saturated rings. The summed E-state index contributed by atoms with van der Waals surface area (Å²) >= 11 is 0. The van der Waals surface area contributed by atoms with Crippen LogP contribution in [0.5, 0.6) is 0 Å². The summed E-state index contributed by atoms with van der Waals surface area (Å²) < 4.78 is 6.01. The largest absolute Gasteiger partial charge is 0.333 e. The summed E-state index contributed by atoms with van der Waals surface area (Å²) in [5.41, 5.74) is 3.63. The van der Waals surface area contributed by atoms with E-state index in [-0.39, 0.29) is 11.3 Å². The molecule has 1 aromatic carbocycles. The molecule has 0 spiro atoms. The molecule has 0 aliphatic heterocycles. The average molecular weight is 393 g/mol.